The van der Waals surface area contributed by atoms with Crippen molar-refractivity contribution in [3.63, 3.8) is 0 Å². The van der Waals surface area contributed by atoms with Gasteiger partial charge in [0.2, 0.25) is 0 Å². The SMILES string of the molecule is COCCN1C(=O)C(=O)/C(=C(/O)c2ccc(OC)c(C(C)C)c2)C1c1cccc2ccccc12. The van der Waals surface area contributed by atoms with E-state index in [-0.39, 0.29) is 30.4 Å². The number of aliphatic hydroxyl groups excluding tert-OH is 1. The molecule has 0 radical (unpaired) electrons. The van der Waals surface area contributed by atoms with Crippen LogP contribution in [0.5, 0.6) is 5.75 Å². The predicted octanol–water partition coefficient (Wildman–Crippen LogP) is 5.04. The zero-order valence-corrected chi connectivity index (χ0v) is 19.9. The minimum atomic E-state index is -0.731. The van der Waals surface area contributed by atoms with Crippen molar-refractivity contribution in [2.45, 2.75) is 25.8 Å². The van der Waals surface area contributed by atoms with E-state index in [1.165, 1.54) is 4.90 Å². The first-order chi connectivity index (χ1) is 16.4. The summed E-state index contributed by atoms with van der Waals surface area (Å²) in [5.74, 6) is -0.693. The van der Waals surface area contributed by atoms with Crippen molar-refractivity contribution >= 4 is 28.2 Å². The summed E-state index contributed by atoms with van der Waals surface area (Å²) in [6, 6.07) is 18.2. The van der Waals surface area contributed by atoms with Crippen molar-refractivity contribution in [3.05, 3.63) is 82.9 Å². The maximum absolute atomic E-state index is 13.3. The lowest BCUT2D eigenvalue weighted by atomic mass is 9.90. The van der Waals surface area contributed by atoms with Crippen molar-refractivity contribution in [2.24, 2.45) is 0 Å². The van der Waals surface area contributed by atoms with Crippen LogP contribution in [0.25, 0.3) is 16.5 Å². The fraction of sp³-hybridized carbons (Fsp3) is 0.286. The lowest BCUT2D eigenvalue weighted by molar-refractivity contribution is -0.140. The first-order valence-electron chi connectivity index (χ1n) is 11.3. The number of carbonyl (C=O) groups is 2. The van der Waals surface area contributed by atoms with Crippen LogP contribution in [0.3, 0.4) is 0 Å². The number of ketones is 1. The zero-order valence-electron chi connectivity index (χ0n) is 19.9. The first-order valence-corrected chi connectivity index (χ1v) is 11.3. The second-order valence-electron chi connectivity index (χ2n) is 8.67. The predicted molar refractivity (Wildman–Crippen MR) is 132 cm³/mol. The number of Topliss-reactive ketones (excluding diaryl/α,β-unsaturated/α-hetero) is 1. The Bertz CT molecular complexity index is 1270. The molecule has 1 fully saturated rings. The van der Waals surface area contributed by atoms with Crippen LogP contribution in [-0.4, -0.2) is 49.1 Å². The Labute approximate surface area is 199 Å². The molecular weight excluding hydrogens is 430 g/mol. The monoisotopic (exact) mass is 459 g/mol. The van der Waals surface area contributed by atoms with E-state index in [0.29, 0.717) is 11.3 Å². The van der Waals surface area contributed by atoms with E-state index in [2.05, 4.69) is 0 Å². The molecular formula is C28H29NO5. The van der Waals surface area contributed by atoms with Gasteiger partial charge in [0.1, 0.15) is 11.5 Å². The fourth-order valence-electron chi connectivity index (χ4n) is 4.60. The largest absolute Gasteiger partial charge is 0.507 e. The fourth-order valence-corrected chi connectivity index (χ4v) is 4.60. The lowest BCUT2D eigenvalue weighted by Crippen LogP contribution is -2.32. The summed E-state index contributed by atoms with van der Waals surface area (Å²) in [4.78, 5) is 27.9. The molecule has 176 valence electrons. The van der Waals surface area contributed by atoms with Crippen LogP contribution in [0.4, 0.5) is 0 Å². The average molecular weight is 460 g/mol. The van der Waals surface area contributed by atoms with Crippen molar-refractivity contribution in [2.75, 3.05) is 27.4 Å². The van der Waals surface area contributed by atoms with Gasteiger partial charge in [0, 0.05) is 19.2 Å². The van der Waals surface area contributed by atoms with Crippen LogP contribution in [0, 0.1) is 0 Å². The Hall–Kier alpha value is -3.64. The number of aliphatic hydroxyl groups is 1. The number of benzene rings is 3. The quantitative estimate of drug-likeness (QED) is 0.304. The lowest BCUT2D eigenvalue weighted by Gasteiger charge is -2.26. The highest BCUT2D eigenvalue weighted by atomic mass is 16.5. The van der Waals surface area contributed by atoms with Crippen molar-refractivity contribution in [3.8, 4) is 5.75 Å². The molecule has 0 aromatic heterocycles. The van der Waals surface area contributed by atoms with E-state index < -0.39 is 17.7 Å². The second kappa shape index (κ2) is 9.69. The highest BCUT2D eigenvalue weighted by Crippen LogP contribution is 2.42. The van der Waals surface area contributed by atoms with Crippen molar-refractivity contribution < 1.29 is 24.2 Å². The van der Waals surface area contributed by atoms with Crippen LogP contribution in [-0.2, 0) is 14.3 Å². The average Bonchev–Trinajstić information content (AvgIpc) is 3.10. The summed E-state index contributed by atoms with van der Waals surface area (Å²) in [5, 5.41) is 13.3. The number of nitrogens with zero attached hydrogens (tertiary/aromatic N) is 1. The first kappa shape index (κ1) is 23.5. The summed E-state index contributed by atoms with van der Waals surface area (Å²) < 4.78 is 10.7. The molecule has 1 amide bonds. The normalized spacial score (nSPS) is 17.7. The highest BCUT2D eigenvalue weighted by molar-refractivity contribution is 6.46. The Balaban J connectivity index is 1.95. The van der Waals surface area contributed by atoms with Gasteiger partial charge in [0.05, 0.1) is 25.3 Å². The zero-order chi connectivity index (χ0) is 24.4. The smallest absolute Gasteiger partial charge is 0.295 e. The van der Waals surface area contributed by atoms with Gasteiger partial charge in [-0.15, -0.1) is 0 Å². The van der Waals surface area contributed by atoms with Crippen LogP contribution in [0.2, 0.25) is 0 Å². The molecule has 1 saturated heterocycles. The number of methoxy groups -OCH3 is 2. The number of amides is 1. The molecule has 3 aromatic rings. The molecule has 6 heteroatoms. The van der Waals surface area contributed by atoms with Crippen LogP contribution in [0.1, 0.15) is 42.5 Å². The third-order valence-corrected chi connectivity index (χ3v) is 6.32. The highest BCUT2D eigenvalue weighted by Gasteiger charge is 2.46. The molecule has 0 saturated carbocycles. The molecule has 4 rings (SSSR count). The molecule has 3 aromatic carbocycles. The van der Waals surface area contributed by atoms with Gasteiger partial charge in [0.25, 0.3) is 11.7 Å². The summed E-state index contributed by atoms with van der Waals surface area (Å²) in [5.41, 5.74) is 2.24. The van der Waals surface area contributed by atoms with Crippen molar-refractivity contribution in [1.29, 1.82) is 0 Å². The maximum Gasteiger partial charge on any atom is 0.295 e. The molecule has 0 spiro atoms. The topological polar surface area (TPSA) is 76.1 Å². The Morgan fingerprint density at radius 2 is 1.76 bits per heavy atom. The summed E-state index contributed by atoms with van der Waals surface area (Å²) >= 11 is 0. The number of carbonyl (C=O) groups excluding carboxylic acids is 2. The molecule has 1 aliphatic heterocycles. The van der Waals surface area contributed by atoms with Crippen molar-refractivity contribution in [1.82, 2.24) is 4.90 Å². The number of hydrogen-bond acceptors (Lipinski definition) is 5. The van der Waals surface area contributed by atoms with Crippen LogP contribution in [0.15, 0.2) is 66.2 Å². The molecule has 1 N–H and O–H groups in total. The molecule has 0 bridgehead atoms. The number of hydrogen-bond donors (Lipinski definition) is 1. The maximum atomic E-state index is 13.3. The standard InChI is InChI=1S/C28H29NO5/c1-17(2)22-16-19(12-13-23(22)34-4)26(30)24-25(29(14-15-33-3)28(32)27(24)31)21-11-7-9-18-8-5-6-10-20(18)21/h5-13,16-17,25,30H,14-15H2,1-4H3/b26-24+. The Morgan fingerprint density at radius 1 is 1.03 bits per heavy atom. The molecule has 1 atom stereocenters. The second-order valence-corrected chi connectivity index (χ2v) is 8.67. The molecule has 1 heterocycles. The molecule has 6 nitrogen and oxygen atoms in total. The summed E-state index contributed by atoms with van der Waals surface area (Å²) in [7, 11) is 3.15. The Morgan fingerprint density at radius 3 is 2.47 bits per heavy atom. The summed E-state index contributed by atoms with van der Waals surface area (Å²) in [6.45, 7) is 4.56. The number of fused-ring (bicyclic) bond motifs is 1. The van der Waals surface area contributed by atoms with E-state index in [9.17, 15) is 14.7 Å². The molecule has 1 unspecified atom stereocenters. The van der Waals surface area contributed by atoms with Gasteiger partial charge < -0.3 is 19.5 Å². The van der Waals surface area contributed by atoms with Gasteiger partial charge in [-0.2, -0.15) is 0 Å². The van der Waals surface area contributed by atoms with Gasteiger partial charge in [0.15, 0.2) is 0 Å². The van der Waals surface area contributed by atoms with E-state index in [4.69, 9.17) is 9.47 Å². The van der Waals surface area contributed by atoms with Gasteiger partial charge in [-0.05, 0) is 46.0 Å². The van der Waals surface area contributed by atoms with Gasteiger partial charge in [-0.3, -0.25) is 9.59 Å². The van der Waals surface area contributed by atoms with E-state index in [1.807, 2.05) is 62.4 Å². The number of likely N-dealkylation sites (tertiary alicyclic amines) is 1. The van der Waals surface area contributed by atoms with E-state index in [1.54, 1.807) is 26.4 Å². The van der Waals surface area contributed by atoms with Gasteiger partial charge in [-0.25, -0.2) is 0 Å². The minimum absolute atomic E-state index is 0.0809. The van der Waals surface area contributed by atoms with Gasteiger partial charge >= 0.3 is 0 Å². The van der Waals surface area contributed by atoms with E-state index >= 15 is 0 Å². The molecule has 34 heavy (non-hydrogen) atoms. The van der Waals surface area contributed by atoms with Gasteiger partial charge in [-0.1, -0.05) is 56.3 Å². The number of rotatable bonds is 7. The Kier molecular flexibility index (Phi) is 6.70. The van der Waals surface area contributed by atoms with E-state index in [0.717, 1.165) is 21.9 Å². The minimum Gasteiger partial charge on any atom is -0.507 e. The summed E-state index contributed by atoms with van der Waals surface area (Å²) in [6.07, 6.45) is 0. The van der Waals surface area contributed by atoms with Crippen LogP contribution < -0.4 is 4.74 Å². The molecule has 1 aliphatic rings. The van der Waals surface area contributed by atoms with Crippen LogP contribution >= 0.6 is 0 Å². The third-order valence-electron chi connectivity index (χ3n) is 6.32. The third kappa shape index (κ3) is 4.05. The number of ether oxygens (including phenoxy) is 2. The molecule has 0 aliphatic carbocycles.